The summed E-state index contributed by atoms with van der Waals surface area (Å²) in [7, 11) is 0. The average molecular weight is 441 g/mol. The van der Waals surface area contributed by atoms with Crippen LogP contribution >= 0.6 is 0 Å². The molecular formula is C26H36N2O4. The molecule has 2 aromatic rings. The second-order valence-electron chi connectivity index (χ2n) is 8.35. The van der Waals surface area contributed by atoms with Crippen LogP contribution in [0.2, 0.25) is 0 Å². The SMILES string of the molecule is Cc1ccc(C)c(OC(=O)NCCCCCCNC(=O)Oc2c(C)ccc(C)c2C)c1C. The van der Waals surface area contributed by atoms with Gasteiger partial charge < -0.3 is 20.1 Å². The molecule has 0 aliphatic carbocycles. The van der Waals surface area contributed by atoms with Crippen LogP contribution < -0.4 is 20.1 Å². The van der Waals surface area contributed by atoms with Crippen molar-refractivity contribution in [2.45, 2.75) is 67.2 Å². The van der Waals surface area contributed by atoms with Gasteiger partial charge in [0.2, 0.25) is 0 Å². The minimum Gasteiger partial charge on any atom is -0.410 e. The summed E-state index contributed by atoms with van der Waals surface area (Å²) < 4.78 is 11.0. The number of hydrogen-bond acceptors (Lipinski definition) is 4. The third kappa shape index (κ3) is 7.29. The van der Waals surface area contributed by atoms with Crippen molar-refractivity contribution in [3.05, 3.63) is 57.6 Å². The van der Waals surface area contributed by atoms with Crippen LogP contribution in [-0.2, 0) is 0 Å². The molecule has 2 amide bonds. The molecule has 2 N–H and O–H groups in total. The highest BCUT2D eigenvalue weighted by atomic mass is 16.6. The van der Waals surface area contributed by atoms with Crippen LogP contribution in [0.5, 0.6) is 11.5 Å². The number of benzene rings is 2. The lowest BCUT2D eigenvalue weighted by Gasteiger charge is -2.13. The Hall–Kier alpha value is -3.02. The van der Waals surface area contributed by atoms with Crippen molar-refractivity contribution in [1.82, 2.24) is 10.6 Å². The van der Waals surface area contributed by atoms with E-state index in [1.807, 2.05) is 65.8 Å². The van der Waals surface area contributed by atoms with Gasteiger partial charge in [0.1, 0.15) is 11.5 Å². The monoisotopic (exact) mass is 440 g/mol. The number of ether oxygens (including phenoxy) is 2. The first-order valence-electron chi connectivity index (χ1n) is 11.3. The van der Waals surface area contributed by atoms with Crippen molar-refractivity contribution in [2.75, 3.05) is 13.1 Å². The standard InChI is InChI=1S/C26H36N2O4/c1-17-11-13-19(3)23(21(17)5)31-25(29)27-15-9-7-8-10-16-28-26(30)32-24-20(4)14-12-18(2)22(24)6/h11-14H,7-10,15-16H2,1-6H3,(H,27,29)(H,28,30). The van der Waals surface area contributed by atoms with Crippen molar-refractivity contribution < 1.29 is 19.1 Å². The first kappa shape index (κ1) is 25.2. The van der Waals surface area contributed by atoms with Crippen LogP contribution in [-0.4, -0.2) is 25.3 Å². The number of carbonyl (C=O) groups is 2. The normalized spacial score (nSPS) is 10.6. The minimum absolute atomic E-state index is 0.423. The van der Waals surface area contributed by atoms with Crippen LogP contribution in [0.3, 0.4) is 0 Å². The van der Waals surface area contributed by atoms with Gasteiger partial charge in [-0.2, -0.15) is 0 Å². The van der Waals surface area contributed by atoms with Gasteiger partial charge in [0.05, 0.1) is 0 Å². The van der Waals surface area contributed by atoms with E-state index in [4.69, 9.17) is 9.47 Å². The first-order chi connectivity index (χ1) is 15.2. The highest BCUT2D eigenvalue weighted by Gasteiger charge is 2.12. The molecular weight excluding hydrogens is 404 g/mol. The van der Waals surface area contributed by atoms with Gasteiger partial charge in [-0.15, -0.1) is 0 Å². The maximum Gasteiger partial charge on any atom is 0.412 e. The van der Waals surface area contributed by atoms with Gasteiger partial charge in [-0.3, -0.25) is 0 Å². The Bertz CT molecular complexity index is 876. The molecule has 0 saturated heterocycles. The summed E-state index contributed by atoms with van der Waals surface area (Å²) >= 11 is 0. The summed E-state index contributed by atoms with van der Waals surface area (Å²) in [6, 6.07) is 7.96. The molecule has 0 saturated carbocycles. The van der Waals surface area contributed by atoms with E-state index in [0.29, 0.717) is 24.6 Å². The minimum atomic E-state index is -0.423. The molecule has 0 radical (unpaired) electrons. The Labute approximate surface area is 191 Å². The summed E-state index contributed by atoms with van der Waals surface area (Å²) in [5, 5.41) is 5.61. The summed E-state index contributed by atoms with van der Waals surface area (Å²) in [6.45, 7) is 12.9. The van der Waals surface area contributed by atoms with Gasteiger partial charge in [-0.1, -0.05) is 37.1 Å². The molecule has 0 spiro atoms. The van der Waals surface area contributed by atoms with Crippen molar-refractivity contribution in [3.63, 3.8) is 0 Å². The van der Waals surface area contributed by atoms with Gasteiger partial charge in [-0.05, 0) is 87.8 Å². The summed E-state index contributed by atoms with van der Waals surface area (Å²) in [5.74, 6) is 1.27. The largest absolute Gasteiger partial charge is 0.412 e. The molecule has 6 nitrogen and oxygen atoms in total. The first-order valence-corrected chi connectivity index (χ1v) is 11.3. The summed E-state index contributed by atoms with van der Waals surface area (Å²) in [5.41, 5.74) is 6.06. The molecule has 2 rings (SSSR count). The van der Waals surface area contributed by atoms with Crippen LogP contribution in [0.15, 0.2) is 24.3 Å². The predicted molar refractivity (Wildman–Crippen MR) is 128 cm³/mol. The van der Waals surface area contributed by atoms with E-state index in [9.17, 15) is 9.59 Å². The lowest BCUT2D eigenvalue weighted by atomic mass is 10.1. The number of amides is 2. The zero-order chi connectivity index (χ0) is 23.7. The lowest BCUT2D eigenvalue weighted by molar-refractivity contribution is 0.198. The number of unbranched alkanes of at least 4 members (excludes halogenated alkanes) is 3. The highest BCUT2D eigenvalue weighted by Crippen LogP contribution is 2.26. The smallest absolute Gasteiger partial charge is 0.410 e. The maximum atomic E-state index is 12.1. The van der Waals surface area contributed by atoms with Gasteiger partial charge in [0, 0.05) is 13.1 Å². The second kappa shape index (κ2) is 12.1. The fourth-order valence-corrected chi connectivity index (χ4v) is 3.41. The zero-order valence-electron chi connectivity index (χ0n) is 20.2. The quantitative estimate of drug-likeness (QED) is 0.471. The van der Waals surface area contributed by atoms with Crippen molar-refractivity contribution in [1.29, 1.82) is 0 Å². The van der Waals surface area contributed by atoms with E-state index in [-0.39, 0.29) is 0 Å². The molecule has 0 aliphatic rings. The van der Waals surface area contributed by atoms with Gasteiger partial charge in [0.15, 0.2) is 0 Å². The molecule has 0 bridgehead atoms. The van der Waals surface area contributed by atoms with Crippen LogP contribution in [0.25, 0.3) is 0 Å². The molecule has 32 heavy (non-hydrogen) atoms. The molecule has 6 heteroatoms. The van der Waals surface area contributed by atoms with E-state index in [0.717, 1.165) is 59.1 Å². The molecule has 0 atom stereocenters. The van der Waals surface area contributed by atoms with E-state index in [2.05, 4.69) is 10.6 Å². The average Bonchev–Trinajstić information content (AvgIpc) is 2.76. The third-order valence-electron chi connectivity index (χ3n) is 5.78. The van der Waals surface area contributed by atoms with E-state index in [1.54, 1.807) is 0 Å². The van der Waals surface area contributed by atoms with E-state index in [1.165, 1.54) is 0 Å². The molecule has 0 aliphatic heterocycles. The highest BCUT2D eigenvalue weighted by molar-refractivity contribution is 5.72. The Balaban J connectivity index is 1.58. The maximum absolute atomic E-state index is 12.1. The number of hydrogen-bond donors (Lipinski definition) is 2. The molecule has 2 aromatic carbocycles. The van der Waals surface area contributed by atoms with Crippen molar-refractivity contribution in [2.24, 2.45) is 0 Å². The molecule has 0 unspecified atom stereocenters. The molecule has 0 fully saturated rings. The number of rotatable bonds is 9. The number of nitrogens with one attached hydrogen (secondary N) is 2. The number of aryl methyl sites for hydroxylation is 4. The second-order valence-corrected chi connectivity index (χ2v) is 8.35. The Kier molecular flexibility index (Phi) is 9.57. The van der Waals surface area contributed by atoms with Gasteiger partial charge in [-0.25, -0.2) is 9.59 Å². The van der Waals surface area contributed by atoms with Crippen molar-refractivity contribution >= 4 is 12.2 Å². The Morgan fingerprint density at radius 3 is 1.31 bits per heavy atom. The van der Waals surface area contributed by atoms with E-state index < -0.39 is 12.2 Å². The molecule has 0 heterocycles. The fourth-order valence-electron chi connectivity index (χ4n) is 3.41. The topological polar surface area (TPSA) is 76.7 Å². The predicted octanol–water partition coefficient (Wildman–Crippen LogP) is 5.97. The van der Waals surface area contributed by atoms with E-state index >= 15 is 0 Å². The zero-order valence-corrected chi connectivity index (χ0v) is 20.2. The van der Waals surface area contributed by atoms with Crippen LogP contribution in [0.1, 0.15) is 59.1 Å². The molecule has 0 aromatic heterocycles. The number of carbonyl (C=O) groups excluding carboxylic acids is 2. The Morgan fingerprint density at radius 1 is 0.594 bits per heavy atom. The summed E-state index contributed by atoms with van der Waals surface area (Å²) in [6.07, 6.45) is 2.77. The fraction of sp³-hybridized carbons (Fsp3) is 0.462. The lowest BCUT2D eigenvalue weighted by Crippen LogP contribution is -2.29. The summed E-state index contributed by atoms with van der Waals surface area (Å²) in [4.78, 5) is 24.1. The molecule has 174 valence electrons. The third-order valence-corrected chi connectivity index (χ3v) is 5.78. The van der Waals surface area contributed by atoms with Crippen molar-refractivity contribution in [3.8, 4) is 11.5 Å². The Morgan fingerprint density at radius 2 is 0.938 bits per heavy atom. The van der Waals surface area contributed by atoms with Gasteiger partial charge in [0.25, 0.3) is 0 Å². The van der Waals surface area contributed by atoms with Crippen LogP contribution in [0.4, 0.5) is 9.59 Å². The van der Waals surface area contributed by atoms with Gasteiger partial charge >= 0.3 is 12.2 Å². The van der Waals surface area contributed by atoms with Crippen LogP contribution in [0, 0.1) is 41.5 Å².